The topological polar surface area (TPSA) is 71.3 Å². The third-order valence-electron chi connectivity index (χ3n) is 3.64. The van der Waals surface area contributed by atoms with Crippen LogP contribution in [0.2, 0.25) is 0 Å². The molecule has 1 aliphatic heterocycles. The summed E-state index contributed by atoms with van der Waals surface area (Å²) in [5.74, 6) is -0.0729. The predicted octanol–water partition coefficient (Wildman–Crippen LogP) is 3.63. The molecule has 0 N–H and O–H groups in total. The molecule has 0 saturated carbocycles. The summed E-state index contributed by atoms with van der Waals surface area (Å²) in [6.07, 6.45) is 3.65. The standard InChI is InChI=1S/C17H13N5OS2/c1-10-20-21-16(24-10)19-17-22(2)15(23)14(25-17)9-11-5-6-13-12(8-11)4-3-7-18-13/h3-9H,1-2H3/b14-9-,19-17?. The molecule has 1 saturated heterocycles. The summed E-state index contributed by atoms with van der Waals surface area (Å²) in [6.45, 7) is 1.87. The summed E-state index contributed by atoms with van der Waals surface area (Å²) in [7, 11) is 1.72. The molecule has 0 bridgehead atoms. The van der Waals surface area contributed by atoms with Crippen LogP contribution in [-0.4, -0.2) is 38.2 Å². The number of nitrogens with zero attached hydrogens (tertiary/aromatic N) is 5. The SMILES string of the molecule is Cc1nnc(N=C2S/C(=C\c3ccc4ncccc4c3)C(=O)N2C)s1. The molecule has 4 rings (SSSR count). The van der Waals surface area contributed by atoms with Gasteiger partial charge in [-0.05, 0) is 48.5 Å². The van der Waals surface area contributed by atoms with Gasteiger partial charge in [0.2, 0.25) is 5.13 Å². The Bertz CT molecular complexity index is 1040. The highest BCUT2D eigenvalue weighted by molar-refractivity contribution is 8.18. The van der Waals surface area contributed by atoms with Gasteiger partial charge in [0.1, 0.15) is 5.01 Å². The zero-order chi connectivity index (χ0) is 17.4. The molecule has 0 spiro atoms. The lowest BCUT2D eigenvalue weighted by atomic mass is 10.1. The highest BCUT2D eigenvalue weighted by Gasteiger charge is 2.30. The average molecular weight is 367 g/mol. The van der Waals surface area contributed by atoms with Gasteiger partial charge < -0.3 is 0 Å². The number of likely N-dealkylation sites (N-methyl/N-ethyl adjacent to an activating group) is 1. The van der Waals surface area contributed by atoms with Gasteiger partial charge in [-0.1, -0.05) is 23.5 Å². The first kappa shape index (κ1) is 15.9. The first-order valence-electron chi connectivity index (χ1n) is 7.51. The fourth-order valence-corrected chi connectivity index (χ4v) is 3.99. The smallest absolute Gasteiger partial charge is 0.266 e. The van der Waals surface area contributed by atoms with E-state index >= 15 is 0 Å². The molecule has 25 heavy (non-hydrogen) atoms. The van der Waals surface area contributed by atoms with E-state index in [-0.39, 0.29) is 5.91 Å². The van der Waals surface area contributed by atoms with Gasteiger partial charge in [-0.2, -0.15) is 4.99 Å². The van der Waals surface area contributed by atoms with Crippen LogP contribution in [0, 0.1) is 6.92 Å². The zero-order valence-corrected chi connectivity index (χ0v) is 15.1. The Morgan fingerprint density at radius 1 is 1.24 bits per heavy atom. The van der Waals surface area contributed by atoms with Crippen molar-refractivity contribution >= 4 is 56.3 Å². The van der Waals surface area contributed by atoms with Gasteiger partial charge in [-0.15, -0.1) is 10.2 Å². The molecule has 3 aromatic rings. The van der Waals surface area contributed by atoms with Gasteiger partial charge in [0.15, 0.2) is 5.17 Å². The Morgan fingerprint density at radius 2 is 2.12 bits per heavy atom. The number of hydrogen-bond acceptors (Lipinski definition) is 7. The normalized spacial score (nSPS) is 18.0. The van der Waals surface area contributed by atoms with Crippen molar-refractivity contribution in [2.75, 3.05) is 7.05 Å². The number of amides is 1. The molecule has 1 aliphatic rings. The second-order valence-electron chi connectivity index (χ2n) is 5.43. The first-order valence-corrected chi connectivity index (χ1v) is 9.14. The molecule has 1 amide bonds. The Kier molecular flexibility index (Phi) is 4.06. The second kappa shape index (κ2) is 6.38. The number of thioether (sulfide) groups is 1. The maximum Gasteiger partial charge on any atom is 0.266 e. The molecule has 0 atom stereocenters. The fraction of sp³-hybridized carbons (Fsp3) is 0.118. The molecular weight excluding hydrogens is 354 g/mol. The largest absolute Gasteiger partial charge is 0.289 e. The lowest BCUT2D eigenvalue weighted by molar-refractivity contribution is -0.121. The van der Waals surface area contributed by atoms with Gasteiger partial charge in [0.25, 0.3) is 5.91 Å². The fourth-order valence-electron chi connectivity index (χ4n) is 2.40. The molecule has 0 radical (unpaired) electrons. The number of fused-ring (bicyclic) bond motifs is 1. The van der Waals surface area contributed by atoms with Crippen LogP contribution in [-0.2, 0) is 4.79 Å². The Balaban J connectivity index is 1.66. The van der Waals surface area contributed by atoms with Crippen LogP contribution in [0.15, 0.2) is 46.4 Å². The van der Waals surface area contributed by atoms with Crippen molar-refractivity contribution in [1.29, 1.82) is 0 Å². The highest BCUT2D eigenvalue weighted by Crippen LogP contribution is 2.33. The molecular formula is C17H13N5OS2. The van der Waals surface area contributed by atoms with Crippen molar-refractivity contribution in [3.8, 4) is 0 Å². The van der Waals surface area contributed by atoms with Crippen LogP contribution in [0.1, 0.15) is 10.6 Å². The molecule has 8 heteroatoms. The third-order valence-corrected chi connectivity index (χ3v) is 5.43. The van der Waals surface area contributed by atoms with E-state index in [2.05, 4.69) is 20.2 Å². The van der Waals surface area contributed by atoms with Gasteiger partial charge >= 0.3 is 0 Å². The summed E-state index contributed by atoms with van der Waals surface area (Å²) < 4.78 is 0. The minimum Gasteiger partial charge on any atom is -0.289 e. The summed E-state index contributed by atoms with van der Waals surface area (Å²) in [6, 6.07) is 9.84. The predicted molar refractivity (Wildman–Crippen MR) is 102 cm³/mol. The number of aliphatic imine (C=N–C) groups is 1. The van der Waals surface area contributed by atoms with E-state index in [1.54, 1.807) is 13.2 Å². The number of amidine groups is 1. The number of benzene rings is 1. The van der Waals surface area contributed by atoms with Crippen molar-refractivity contribution in [1.82, 2.24) is 20.1 Å². The summed E-state index contributed by atoms with van der Waals surface area (Å²) in [5.41, 5.74) is 1.89. The minimum absolute atomic E-state index is 0.0729. The minimum atomic E-state index is -0.0729. The van der Waals surface area contributed by atoms with Crippen molar-refractivity contribution < 1.29 is 4.79 Å². The number of aromatic nitrogens is 3. The Morgan fingerprint density at radius 3 is 2.92 bits per heavy atom. The molecule has 1 fully saturated rings. The molecule has 3 heterocycles. The lowest BCUT2D eigenvalue weighted by Crippen LogP contribution is -2.23. The summed E-state index contributed by atoms with van der Waals surface area (Å²) in [5, 5.41) is 11.0. The maximum absolute atomic E-state index is 12.5. The van der Waals surface area contributed by atoms with Gasteiger partial charge in [-0.3, -0.25) is 14.7 Å². The molecule has 0 aliphatic carbocycles. The quantitative estimate of drug-likeness (QED) is 0.647. The van der Waals surface area contributed by atoms with Crippen LogP contribution in [0.5, 0.6) is 0 Å². The number of rotatable bonds is 2. The molecule has 124 valence electrons. The van der Waals surface area contributed by atoms with Gasteiger partial charge in [-0.25, -0.2) is 0 Å². The van der Waals surface area contributed by atoms with Crippen LogP contribution in [0.4, 0.5) is 5.13 Å². The Labute approximate surface area is 152 Å². The summed E-state index contributed by atoms with van der Waals surface area (Å²) in [4.78, 5) is 23.4. The monoisotopic (exact) mass is 367 g/mol. The van der Waals surface area contributed by atoms with E-state index in [4.69, 9.17) is 0 Å². The van der Waals surface area contributed by atoms with E-state index in [0.29, 0.717) is 15.2 Å². The Hall–Kier alpha value is -2.58. The lowest BCUT2D eigenvalue weighted by Gasteiger charge is -2.05. The third kappa shape index (κ3) is 3.18. The number of carbonyl (C=O) groups excluding carboxylic acids is 1. The van der Waals surface area contributed by atoms with E-state index in [0.717, 1.165) is 21.5 Å². The summed E-state index contributed by atoms with van der Waals surface area (Å²) >= 11 is 2.74. The van der Waals surface area contributed by atoms with Crippen LogP contribution in [0.3, 0.4) is 0 Å². The maximum atomic E-state index is 12.5. The van der Waals surface area contributed by atoms with Crippen LogP contribution >= 0.6 is 23.1 Å². The van der Waals surface area contributed by atoms with E-state index < -0.39 is 0 Å². The zero-order valence-electron chi connectivity index (χ0n) is 13.5. The van der Waals surface area contributed by atoms with E-state index in [1.165, 1.54) is 28.0 Å². The number of pyridine rings is 1. The highest BCUT2D eigenvalue weighted by atomic mass is 32.2. The first-order chi connectivity index (χ1) is 12.1. The van der Waals surface area contributed by atoms with Crippen LogP contribution in [0.25, 0.3) is 17.0 Å². The number of hydrogen-bond donors (Lipinski definition) is 0. The van der Waals surface area contributed by atoms with E-state index in [1.807, 2.05) is 43.3 Å². The van der Waals surface area contributed by atoms with Crippen LogP contribution < -0.4 is 0 Å². The molecule has 0 unspecified atom stereocenters. The van der Waals surface area contributed by atoms with Gasteiger partial charge in [0.05, 0.1) is 10.4 Å². The number of aryl methyl sites for hydroxylation is 1. The molecule has 2 aromatic heterocycles. The van der Waals surface area contributed by atoms with Crippen molar-refractivity contribution in [3.05, 3.63) is 52.0 Å². The average Bonchev–Trinajstić information content (AvgIpc) is 3.14. The van der Waals surface area contributed by atoms with Gasteiger partial charge in [0, 0.05) is 18.6 Å². The second-order valence-corrected chi connectivity index (χ2v) is 7.60. The van der Waals surface area contributed by atoms with E-state index in [9.17, 15) is 4.79 Å². The number of carbonyl (C=O) groups is 1. The molecule has 6 nitrogen and oxygen atoms in total. The van der Waals surface area contributed by atoms with Crippen molar-refractivity contribution in [2.24, 2.45) is 4.99 Å². The molecule has 1 aromatic carbocycles. The van der Waals surface area contributed by atoms with Crippen molar-refractivity contribution in [3.63, 3.8) is 0 Å². The van der Waals surface area contributed by atoms with Crippen molar-refractivity contribution in [2.45, 2.75) is 6.92 Å².